The molecule has 6 nitrogen and oxygen atoms in total. The number of carbonyl (C=O) groups excluding carboxylic acids is 1. The molecule has 26 heavy (non-hydrogen) atoms. The predicted octanol–water partition coefficient (Wildman–Crippen LogP) is 1.67. The Labute approximate surface area is 154 Å². The molecule has 1 amide bonds. The van der Waals surface area contributed by atoms with Gasteiger partial charge in [-0.15, -0.1) is 0 Å². The molecule has 0 aliphatic heterocycles. The van der Waals surface area contributed by atoms with Crippen molar-refractivity contribution in [3.8, 4) is 0 Å². The number of primary sulfonamides is 1. The summed E-state index contributed by atoms with van der Waals surface area (Å²) >= 11 is 0. The zero-order valence-electron chi connectivity index (χ0n) is 14.8. The second-order valence-electron chi connectivity index (χ2n) is 6.07. The van der Waals surface area contributed by atoms with E-state index in [1.54, 1.807) is 0 Å². The largest absolute Gasteiger partial charge is 0.351 e. The molecule has 0 saturated heterocycles. The van der Waals surface area contributed by atoms with Crippen molar-refractivity contribution in [2.75, 3.05) is 13.1 Å². The first-order chi connectivity index (χ1) is 12.4. The number of sulfonamides is 1. The van der Waals surface area contributed by atoms with Gasteiger partial charge < -0.3 is 10.6 Å². The van der Waals surface area contributed by atoms with E-state index in [2.05, 4.69) is 29.7 Å². The van der Waals surface area contributed by atoms with Crippen LogP contribution >= 0.6 is 0 Å². The second-order valence-corrected chi connectivity index (χ2v) is 7.64. The molecule has 0 bridgehead atoms. The van der Waals surface area contributed by atoms with Crippen molar-refractivity contribution in [1.82, 2.24) is 10.6 Å². The summed E-state index contributed by atoms with van der Waals surface area (Å²) in [5, 5.41) is 11.3. The van der Waals surface area contributed by atoms with E-state index < -0.39 is 10.0 Å². The average molecular weight is 375 g/mol. The minimum Gasteiger partial charge on any atom is -0.351 e. The van der Waals surface area contributed by atoms with E-state index in [9.17, 15) is 13.2 Å². The molecule has 0 saturated carbocycles. The Balaban J connectivity index is 1.77. The van der Waals surface area contributed by atoms with Crippen LogP contribution in [-0.4, -0.2) is 33.5 Å². The second kappa shape index (κ2) is 9.47. The van der Waals surface area contributed by atoms with Crippen LogP contribution in [0.5, 0.6) is 0 Å². The number of nitrogens with two attached hydrogens (primary N) is 1. The van der Waals surface area contributed by atoms with Gasteiger partial charge in [-0.3, -0.25) is 4.79 Å². The lowest BCUT2D eigenvalue weighted by Gasteiger charge is -2.17. The van der Waals surface area contributed by atoms with Crippen molar-refractivity contribution in [2.24, 2.45) is 5.14 Å². The molecular weight excluding hydrogens is 350 g/mol. The maximum absolute atomic E-state index is 12.1. The minimum atomic E-state index is -3.75. The summed E-state index contributed by atoms with van der Waals surface area (Å²) < 4.78 is 22.4. The number of carbonyl (C=O) groups is 1. The zero-order valence-corrected chi connectivity index (χ0v) is 15.6. The summed E-state index contributed by atoms with van der Waals surface area (Å²) in [5.74, 6) is -0.246. The van der Waals surface area contributed by atoms with Crippen LogP contribution in [0.2, 0.25) is 0 Å². The van der Waals surface area contributed by atoms with Gasteiger partial charge in [0.2, 0.25) is 10.0 Å². The van der Waals surface area contributed by atoms with E-state index in [-0.39, 0.29) is 10.8 Å². The molecule has 0 fully saturated rings. The van der Waals surface area contributed by atoms with Crippen molar-refractivity contribution in [3.05, 3.63) is 65.7 Å². The summed E-state index contributed by atoms with van der Waals surface area (Å²) in [5.41, 5.74) is 1.68. The van der Waals surface area contributed by atoms with E-state index in [4.69, 9.17) is 5.14 Å². The maximum Gasteiger partial charge on any atom is 0.251 e. The zero-order chi connectivity index (χ0) is 19.0. The predicted molar refractivity (Wildman–Crippen MR) is 102 cm³/mol. The van der Waals surface area contributed by atoms with Gasteiger partial charge in [0.05, 0.1) is 4.90 Å². The third kappa shape index (κ3) is 6.25. The highest BCUT2D eigenvalue weighted by atomic mass is 32.2. The van der Waals surface area contributed by atoms with Crippen LogP contribution in [0.25, 0.3) is 0 Å². The van der Waals surface area contributed by atoms with Gasteiger partial charge in [0.25, 0.3) is 5.91 Å². The van der Waals surface area contributed by atoms with Crippen LogP contribution in [0.1, 0.15) is 29.3 Å². The van der Waals surface area contributed by atoms with Crippen molar-refractivity contribution >= 4 is 15.9 Å². The molecular formula is C19H25N3O3S. The molecule has 2 rings (SSSR count). The molecule has 1 unspecified atom stereocenters. The molecule has 1 atom stereocenters. The Kier molecular flexibility index (Phi) is 7.32. The minimum absolute atomic E-state index is 0.0117. The van der Waals surface area contributed by atoms with Gasteiger partial charge in [0.1, 0.15) is 0 Å². The topological polar surface area (TPSA) is 101 Å². The third-order valence-electron chi connectivity index (χ3n) is 4.11. The van der Waals surface area contributed by atoms with E-state index in [1.807, 2.05) is 18.2 Å². The van der Waals surface area contributed by atoms with E-state index >= 15 is 0 Å². The van der Waals surface area contributed by atoms with Gasteiger partial charge in [-0.2, -0.15) is 0 Å². The van der Waals surface area contributed by atoms with E-state index in [1.165, 1.54) is 29.8 Å². The highest BCUT2D eigenvalue weighted by Gasteiger charge is 2.10. The van der Waals surface area contributed by atoms with Crippen LogP contribution in [0.4, 0.5) is 0 Å². The van der Waals surface area contributed by atoms with Crippen molar-refractivity contribution < 1.29 is 13.2 Å². The van der Waals surface area contributed by atoms with Crippen LogP contribution in [0, 0.1) is 0 Å². The smallest absolute Gasteiger partial charge is 0.251 e. The Morgan fingerprint density at radius 1 is 1.04 bits per heavy atom. The quantitative estimate of drug-likeness (QED) is 0.580. The Hall–Kier alpha value is -2.22. The first-order valence-corrected chi connectivity index (χ1v) is 10.1. The highest BCUT2D eigenvalue weighted by molar-refractivity contribution is 7.89. The molecule has 140 valence electrons. The van der Waals surface area contributed by atoms with Crippen molar-refractivity contribution in [3.63, 3.8) is 0 Å². The lowest BCUT2D eigenvalue weighted by molar-refractivity contribution is 0.0953. The number of nitrogens with one attached hydrogen (secondary N) is 2. The number of hydrogen-bond donors (Lipinski definition) is 3. The first kappa shape index (κ1) is 20.1. The summed E-state index contributed by atoms with van der Waals surface area (Å²) in [7, 11) is -3.75. The standard InChI is InChI=1S/C19H25N3O3S/c1-2-17(14-15-6-4-3-5-7-15)21-12-13-22-19(23)16-8-10-18(11-9-16)26(20,24)25/h3-11,17,21H,2,12-14H2,1H3,(H,22,23)(H2,20,24,25). The molecule has 0 aliphatic carbocycles. The molecule has 0 radical (unpaired) electrons. The number of hydrogen-bond acceptors (Lipinski definition) is 4. The fourth-order valence-electron chi connectivity index (χ4n) is 2.61. The van der Waals surface area contributed by atoms with Gasteiger partial charge in [-0.05, 0) is 42.7 Å². The Morgan fingerprint density at radius 2 is 1.69 bits per heavy atom. The number of rotatable bonds is 9. The SMILES string of the molecule is CCC(Cc1ccccc1)NCCNC(=O)c1ccc(S(N)(=O)=O)cc1. The van der Waals surface area contributed by atoms with Crippen molar-refractivity contribution in [1.29, 1.82) is 0 Å². The monoisotopic (exact) mass is 375 g/mol. The Bertz CT molecular complexity index is 806. The molecule has 0 heterocycles. The molecule has 0 aromatic heterocycles. The van der Waals surface area contributed by atoms with Gasteiger partial charge in [-0.1, -0.05) is 37.3 Å². The highest BCUT2D eigenvalue weighted by Crippen LogP contribution is 2.08. The molecule has 4 N–H and O–H groups in total. The fraction of sp³-hybridized carbons (Fsp3) is 0.316. The lowest BCUT2D eigenvalue weighted by atomic mass is 10.0. The summed E-state index contributed by atoms with van der Waals surface area (Å²) in [6.07, 6.45) is 1.94. The summed E-state index contributed by atoms with van der Waals surface area (Å²) in [4.78, 5) is 12.1. The van der Waals surface area contributed by atoms with Crippen LogP contribution in [-0.2, 0) is 16.4 Å². The molecule has 7 heteroatoms. The molecule has 0 spiro atoms. The van der Waals surface area contributed by atoms with E-state index in [0.717, 1.165) is 12.8 Å². The molecule has 0 aliphatic rings. The van der Waals surface area contributed by atoms with Gasteiger partial charge in [0, 0.05) is 24.7 Å². The Morgan fingerprint density at radius 3 is 2.27 bits per heavy atom. The number of amides is 1. The maximum atomic E-state index is 12.1. The first-order valence-electron chi connectivity index (χ1n) is 8.58. The molecule has 2 aromatic carbocycles. The third-order valence-corrected chi connectivity index (χ3v) is 5.04. The summed E-state index contributed by atoms with van der Waals surface area (Å²) in [6.45, 7) is 3.28. The fourth-order valence-corrected chi connectivity index (χ4v) is 3.13. The van der Waals surface area contributed by atoms with E-state index in [0.29, 0.717) is 24.7 Å². The molecule has 2 aromatic rings. The average Bonchev–Trinajstić information content (AvgIpc) is 2.64. The van der Waals surface area contributed by atoms with Crippen LogP contribution in [0.15, 0.2) is 59.5 Å². The summed E-state index contributed by atoms with van der Waals surface area (Å²) in [6, 6.07) is 16.2. The van der Waals surface area contributed by atoms with Gasteiger partial charge in [-0.25, -0.2) is 13.6 Å². The van der Waals surface area contributed by atoms with Crippen molar-refractivity contribution in [2.45, 2.75) is 30.7 Å². The van der Waals surface area contributed by atoms with Gasteiger partial charge >= 0.3 is 0 Å². The van der Waals surface area contributed by atoms with Crippen LogP contribution < -0.4 is 15.8 Å². The van der Waals surface area contributed by atoms with Crippen LogP contribution in [0.3, 0.4) is 0 Å². The van der Waals surface area contributed by atoms with Gasteiger partial charge in [0.15, 0.2) is 0 Å². The normalized spacial score (nSPS) is 12.5. The lowest BCUT2D eigenvalue weighted by Crippen LogP contribution is -2.37. The number of benzene rings is 2.